The second-order valence-corrected chi connectivity index (χ2v) is 11.5. The monoisotopic (exact) mass is 605 g/mol. The van der Waals surface area contributed by atoms with Crippen LogP contribution in [0.3, 0.4) is 0 Å². The Bertz CT molecular complexity index is 1600. The van der Waals surface area contributed by atoms with Crippen molar-refractivity contribution in [2.24, 2.45) is 0 Å². The highest BCUT2D eigenvalue weighted by Gasteiger charge is 2.54. The fraction of sp³-hybridized carbons (Fsp3) is 0.103. The van der Waals surface area contributed by atoms with Gasteiger partial charge in [0.1, 0.15) is 12.3 Å². The lowest BCUT2D eigenvalue weighted by atomic mass is 10.2. The minimum Gasteiger partial charge on any atom is -0.495 e. The first-order valence-corrected chi connectivity index (χ1v) is 14.2. The number of ether oxygens (including phenoxy) is 1. The van der Waals surface area contributed by atoms with E-state index in [0.717, 1.165) is 8.78 Å². The molecule has 8 nitrogen and oxygen atoms in total. The molecule has 5 rings (SSSR count). The van der Waals surface area contributed by atoms with Gasteiger partial charge in [0.25, 0.3) is 21.8 Å². The van der Waals surface area contributed by atoms with Crippen LogP contribution in [0.2, 0.25) is 0 Å². The number of sulfonamides is 1. The summed E-state index contributed by atoms with van der Waals surface area (Å²) in [4.78, 5) is 27.3. The number of hydrogen-bond donors (Lipinski definition) is 0. The van der Waals surface area contributed by atoms with Gasteiger partial charge in [-0.1, -0.05) is 76.6 Å². The molecule has 10 heteroatoms. The molecular formula is C29H24BrN3O5S. The maximum Gasteiger partial charge on any atom is 0.274 e. The number of amides is 2. The molecule has 1 unspecified atom stereocenters. The molecule has 39 heavy (non-hydrogen) atoms. The van der Waals surface area contributed by atoms with E-state index in [-0.39, 0.29) is 22.2 Å². The molecule has 0 saturated carbocycles. The van der Waals surface area contributed by atoms with Crippen molar-refractivity contribution < 1.29 is 22.7 Å². The fourth-order valence-electron chi connectivity index (χ4n) is 4.32. The number of hydrazine groups is 1. The predicted molar refractivity (Wildman–Crippen MR) is 150 cm³/mol. The standard InChI is InChI=1S/C29H24BrN3O5S/c1-38-26-15-9-8-14-25(26)31(39(36,37)24-12-6-3-7-13-24)20-27(34)32-28(21-16-18-23(30)19-17-21)33(32)29(35)22-10-4-2-5-11-22/h2-19,28H,20H2,1H3. The van der Waals surface area contributed by atoms with Crippen LogP contribution in [0.25, 0.3) is 0 Å². The average molecular weight is 606 g/mol. The first-order chi connectivity index (χ1) is 18.8. The second kappa shape index (κ2) is 10.9. The lowest BCUT2D eigenvalue weighted by Crippen LogP contribution is -2.39. The van der Waals surface area contributed by atoms with E-state index in [4.69, 9.17) is 4.74 Å². The maximum atomic E-state index is 13.8. The molecular weight excluding hydrogens is 582 g/mol. The highest BCUT2D eigenvalue weighted by molar-refractivity contribution is 9.10. The van der Waals surface area contributed by atoms with E-state index in [1.54, 1.807) is 72.8 Å². The summed E-state index contributed by atoms with van der Waals surface area (Å²) in [5.74, 6) is -0.651. The maximum absolute atomic E-state index is 13.8. The number of rotatable bonds is 8. The number of methoxy groups -OCH3 is 1. The number of benzene rings is 4. The SMILES string of the molecule is COc1ccccc1N(CC(=O)N1C(c2ccc(Br)cc2)N1C(=O)c1ccccc1)S(=O)(=O)c1ccccc1. The van der Waals surface area contributed by atoms with Crippen molar-refractivity contribution in [3.63, 3.8) is 0 Å². The van der Waals surface area contributed by atoms with Gasteiger partial charge in [-0.15, -0.1) is 0 Å². The van der Waals surface area contributed by atoms with Gasteiger partial charge < -0.3 is 4.74 Å². The van der Waals surface area contributed by atoms with Crippen LogP contribution in [0.4, 0.5) is 5.69 Å². The number of para-hydroxylation sites is 2. The number of halogens is 1. The van der Waals surface area contributed by atoms with Crippen molar-refractivity contribution in [3.05, 3.63) is 125 Å². The van der Waals surface area contributed by atoms with E-state index in [1.807, 2.05) is 24.3 Å². The van der Waals surface area contributed by atoms with Crippen LogP contribution in [0.15, 0.2) is 119 Å². The Balaban J connectivity index is 1.53. The van der Waals surface area contributed by atoms with Gasteiger partial charge in [0.15, 0.2) is 6.17 Å². The summed E-state index contributed by atoms with van der Waals surface area (Å²) < 4.78 is 34.9. The number of carbonyl (C=O) groups is 2. The zero-order valence-electron chi connectivity index (χ0n) is 20.8. The third kappa shape index (κ3) is 5.25. The molecule has 1 heterocycles. The zero-order valence-corrected chi connectivity index (χ0v) is 23.2. The summed E-state index contributed by atoms with van der Waals surface area (Å²) in [5.41, 5.74) is 1.33. The van der Waals surface area contributed by atoms with Crippen molar-refractivity contribution >= 4 is 43.5 Å². The third-order valence-electron chi connectivity index (χ3n) is 6.26. The predicted octanol–water partition coefficient (Wildman–Crippen LogP) is 5.25. The Kier molecular flexibility index (Phi) is 7.40. The van der Waals surface area contributed by atoms with E-state index < -0.39 is 28.6 Å². The van der Waals surface area contributed by atoms with Crippen LogP contribution in [0.1, 0.15) is 22.1 Å². The summed E-state index contributed by atoms with van der Waals surface area (Å²) in [6, 6.07) is 30.4. The lowest BCUT2D eigenvalue weighted by Gasteiger charge is -2.25. The van der Waals surface area contributed by atoms with Gasteiger partial charge >= 0.3 is 0 Å². The summed E-state index contributed by atoms with van der Waals surface area (Å²) >= 11 is 3.41. The largest absolute Gasteiger partial charge is 0.495 e. The number of carbonyl (C=O) groups excluding carboxylic acids is 2. The van der Waals surface area contributed by atoms with E-state index in [2.05, 4.69) is 15.9 Å². The number of anilines is 1. The Morgan fingerprint density at radius 1 is 0.821 bits per heavy atom. The Hall–Kier alpha value is -4.15. The molecule has 198 valence electrons. The van der Waals surface area contributed by atoms with Gasteiger partial charge in [-0.3, -0.25) is 13.9 Å². The van der Waals surface area contributed by atoms with Crippen molar-refractivity contribution in [2.75, 3.05) is 18.0 Å². The summed E-state index contributed by atoms with van der Waals surface area (Å²) in [6.07, 6.45) is -0.683. The topological polar surface area (TPSA) is 86.8 Å². The van der Waals surface area contributed by atoms with Crippen LogP contribution in [0.5, 0.6) is 5.75 Å². The van der Waals surface area contributed by atoms with Crippen LogP contribution in [-0.2, 0) is 14.8 Å². The van der Waals surface area contributed by atoms with E-state index in [1.165, 1.54) is 29.3 Å². The molecule has 1 aliphatic rings. The molecule has 0 radical (unpaired) electrons. The van der Waals surface area contributed by atoms with Crippen LogP contribution < -0.4 is 9.04 Å². The highest BCUT2D eigenvalue weighted by atomic mass is 79.9. The van der Waals surface area contributed by atoms with E-state index in [9.17, 15) is 18.0 Å². The average Bonchev–Trinajstić information content (AvgIpc) is 3.72. The second-order valence-electron chi connectivity index (χ2n) is 8.68. The molecule has 0 N–H and O–H groups in total. The lowest BCUT2D eigenvalue weighted by molar-refractivity contribution is -0.126. The van der Waals surface area contributed by atoms with Crippen LogP contribution in [0, 0.1) is 0 Å². The molecule has 2 amide bonds. The van der Waals surface area contributed by atoms with E-state index >= 15 is 0 Å². The third-order valence-corrected chi connectivity index (χ3v) is 8.56. The molecule has 4 aromatic carbocycles. The molecule has 1 atom stereocenters. The van der Waals surface area contributed by atoms with Crippen LogP contribution >= 0.6 is 15.9 Å². The Morgan fingerprint density at radius 2 is 1.41 bits per heavy atom. The molecule has 0 bridgehead atoms. The molecule has 0 aliphatic carbocycles. The summed E-state index contributed by atoms with van der Waals surface area (Å²) in [7, 11) is -2.74. The normalized spacial score (nSPS) is 14.6. The summed E-state index contributed by atoms with van der Waals surface area (Å²) in [6.45, 7) is -0.552. The molecule has 1 saturated heterocycles. The van der Waals surface area contributed by atoms with Gasteiger partial charge in [0, 0.05) is 10.0 Å². The molecule has 0 aromatic heterocycles. The van der Waals surface area contributed by atoms with Crippen molar-refractivity contribution in [2.45, 2.75) is 11.1 Å². The quantitative estimate of drug-likeness (QED) is 0.256. The Labute approximate surface area is 235 Å². The molecule has 1 fully saturated rings. The smallest absolute Gasteiger partial charge is 0.274 e. The number of nitrogens with zero attached hydrogens (tertiary/aromatic N) is 3. The van der Waals surface area contributed by atoms with Gasteiger partial charge in [0.05, 0.1) is 17.7 Å². The van der Waals surface area contributed by atoms with Gasteiger partial charge in [-0.05, 0) is 54.1 Å². The molecule has 0 spiro atoms. The summed E-state index contributed by atoms with van der Waals surface area (Å²) in [5, 5.41) is 2.64. The Morgan fingerprint density at radius 3 is 2.05 bits per heavy atom. The fourth-order valence-corrected chi connectivity index (χ4v) is 6.03. The zero-order chi connectivity index (χ0) is 27.6. The van der Waals surface area contributed by atoms with Crippen molar-refractivity contribution in [1.82, 2.24) is 10.0 Å². The van der Waals surface area contributed by atoms with Crippen molar-refractivity contribution in [3.8, 4) is 5.75 Å². The molecule has 1 aliphatic heterocycles. The highest BCUT2D eigenvalue weighted by Crippen LogP contribution is 2.44. The van der Waals surface area contributed by atoms with Gasteiger partial charge in [-0.2, -0.15) is 0 Å². The van der Waals surface area contributed by atoms with Crippen LogP contribution in [-0.4, -0.2) is 43.9 Å². The minimum absolute atomic E-state index is 0.0242. The number of hydrogen-bond acceptors (Lipinski definition) is 5. The first-order valence-electron chi connectivity index (χ1n) is 12.0. The molecule has 4 aromatic rings. The first kappa shape index (κ1) is 26.5. The minimum atomic E-state index is -4.17. The van der Waals surface area contributed by atoms with Gasteiger partial charge in [-0.25, -0.2) is 18.4 Å². The van der Waals surface area contributed by atoms with E-state index in [0.29, 0.717) is 11.1 Å². The van der Waals surface area contributed by atoms with Crippen molar-refractivity contribution in [1.29, 1.82) is 0 Å². The van der Waals surface area contributed by atoms with Gasteiger partial charge in [0.2, 0.25) is 0 Å².